The average Bonchev–Trinajstić information content (AvgIpc) is 2.42. The smallest absolute Gasteiger partial charge is 0.226 e. The number of amides is 1. The summed E-state index contributed by atoms with van der Waals surface area (Å²) < 4.78 is 0. The molecule has 1 amide bonds. The number of nitrogens with zero attached hydrogens (tertiary/aromatic N) is 1. The van der Waals surface area contributed by atoms with E-state index in [0.717, 1.165) is 50.0 Å². The molecule has 0 atom stereocenters. The summed E-state index contributed by atoms with van der Waals surface area (Å²) in [5.41, 5.74) is 8.77. The maximum Gasteiger partial charge on any atom is 0.226 e. The van der Waals surface area contributed by atoms with E-state index in [2.05, 4.69) is 5.92 Å². The van der Waals surface area contributed by atoms with Gasteiger partial charge in [0.2, 0.25) is 5.91 Å². The number of carbonyl (C=O) groups is 1. The molecule has 1 aromatic rings. The topological polar surface area (TPSA) is 46.3 Å². The van der Waals surface area contributed by atoms with Crippen molar-refractivity contribution in [3.63, 3.8) is 0 Å². The Morgan fingerprint density at radius 1 is 1.42 bits per heavy atom. The van der Waals surface area contributed by atoms with Gasteiger partial charge >= 0.3 is 0 Å². The van der Waals surface area contributed by atoms with Crippen molar-refractivity contribution in [3.8, 4) is 12.3 Å². The third-order valence-corrected chi connectivity index (χ3v) is 3.48. The zero-order valence-corrected chi connectivity index (χ0v) is 11.2. The minimum Gasteiger partial charge on any atom is -0.399 e. The number of aryl methyl sites for hydroxylation is 1. The zero-order valence-electron chi connectivity index (χ0n) is 11.2. The molecule has 3 nitrogen and oxygen atoms in total. The van der Waals surface area contributed by atoms with Gasteiger partial charge in [0.25, 0.3) is 0 Å². The van der Waals surface area contributed by atoms with Crippen molar-refractivity contribution in [2.75, 3.05) is 17.2 Å². The number of nitrogens with two attached hydrogens (primary N) is 1. The first-order valence-corrected chi connectivity index (χ1v) is 6.84. The van der Waals surface area contributed by atoms with Gasteiger partial charge in [0.1, 0.15) is 0 Å². The van der Waals surface area contributed by atoms with Crippen LogP contribution in [-0.2, 0) is 11.2 Å². The molecule has 1 aromatic carbocycles. The quantitative estimate of drug-likeness (QED) is 0.511. The molecule has 1 aliphatic rings. The molecular formula is C16H20N2O. The highest BCUT2D eigenvalue weighted by Gasteiger charge is 2.21. The lowest BCUT2D eigenvalue weighted by Crippen LogP contribution is -2.35. The molecule has 2 rings (SSSR count). The van der Waals surface area contributed by atoms with Gasteiger partial charge in [-0.15, -0.1) is 12.3 Å². The van der Waals surface area contributed by atoms with Crippen LogP contribution in [0.2, 0.25) is 0 Å². The van der Waals surface area contributed by atoms with Crippen LogP contribution in [0.5, 0.6) is 0 Å². The Labute approximate surface area is 114 Å². The first-order chi connectivity index (χ1) is 9.22. The van der Waals surface area contributed by atoms with Crippen LogP contribution in [0.25, 0.3) is 0 Å². The number of hydrogen-bond donors (Lipinski definition) is 1. The second-order valence-electron chi connectivity index (χ2n) is 4.95. The fraction of sp³-hybridized carbons (Fsp3) is 0.438. The highest BCUT2D eigenvalue weighted by atomic mass is 16.2. The number of fused-ring (bicyclic) bond motifs is 1. The summed E-state index contributed by atoms with van der Waals surface area (Å²) in [4.78, 5) is 14.1. The Bertz CT molecular complexity index is 502. The van der Waals surface area contributed by atoms with Gasteiger partial charge in [0.05, 0.1) is 0 Å². The molecule has 0 saturated carbocycles. The lowest BCUT2D eigenvalue weighted by atomic mass is 10.0. The minimum atomic E-state index is 0.197. The van der Waals surface area contributed by atoms with Crippen molar-refractivity contribution in [1.82, 2.24) is 0 Å². The van der Waals surface area contributed by atoms with Crippen molar-refractivity contribution in [2.24, 2.45) is 0 Å². The van der Waals surface area contributed by atoms with Crippen molar-refractivity contribution in [2.45, 2.75) is 38.5 Å². The first kappa shape index (κ1) is 13.5. The number of benzene rings is 1. The van der Waals surface area contributed by atoms with E-state index in [9.17, 15) is 4.79 Å². The van der Waals surface area contributed by atoms with Crippen LogP contribution in [0.3, 0.4) is 0 Å². The zero-order chi connectivity index (χ0) is 13.7. The summed E-state index contributed by atoms with van der Waals surface area (Å²) in [6.45, 7) is 0.810. The molecule has 0 saturated heterocycles. The van der Waals surface area contributed by atoms with Crippen molar-refractivity contribution >= 4 is 17.3 Å². The van der Waals surface area contributed by atoms with Crippen molar-refractivity contribution in [3.05, 3.63) is 23.8 Å². The van der Waals surface area contributed by atoms with Gasteiger partial charge in [-0.2, -0.15) is 0 Å². The molecule has 0 spiro atoms. The van der Waals surface area contributed by atoms with Gasteiger partial charge < -0.3 is 10.6 Å². The molecule has 1 heterocycles. The van der Waals surface area contributed by atoms with Gasteiger partial charge in [0.15, 0.2) is 0 Å². The van der Waals surface area contributed by atoms with Gasteiger partial charge in [-0.1, -0.05) is 0 Å². The van der Waals surface area contributed by atoms with Crippen LogP contribution in [0, 0.1) is 12.3 Å². The SMILES string of the molecule is C#CCCCCC(=O)N1CCCc2cc(N)ccc21. The van der Waals surface area contributed by atoms with Crippen LogP contribution in [0.15, 0.2) is 18.2 Å². The Balaban J connectivity index is 2.02. The fourth-order valence-electron chi connectivity index (χ4n) is 2.51. The molecule has 19 heavy (non-hydrogen) atoms. The van der Waals surface area contributed by atoms with E-state index in [-0.39, 0.29) is 5.91 Å². The number of rotatable bonds is 4. The molecule has 3 heteroatoms. The fourth-order valence-corrected chi connectivity index (χ4v) is 2.51. The summed E-state index contributed by atoms with van der Waals surface area (Å²) in [6, 6.07) is 5.80. The Morgan fingerprint density at radius 3 is 3.05 bits per heavy atom. The lowest BCUT2D eigenvalue weighted by Gasteiger charge is -2.29. The summed E-state index contributed by atoms with van der Waals surface area (Å²) in [5.74, 6) is 2.80. The van der Waals surface area contributed by atoms with Crippen LogP contribution < -0.4 is 10.6 Å². The van der Waals surface area contributed by atoms with Crippen LogP contribution in [0.4, 0.5) is 11.4 Å². The molecule has 0 radical (unpaired) electrons. The highest BCUT2D eigenvalue weighted by Crippen LogP contribution is 2.29. The number of terminal acetylenes is 1. The second kappa shape index (κ2) is 6.29. The Kier molecular flexibility index (Phi) is 4.46. The summed E-state index contributed by atoms with van der Waals surface area (Å²) in [5, 5.41) is 0. The molecule has 0 unspecified atom stereocenters. The van der Waals surface area contributed by atoms with Gasteiger partial charge in [-0.3, -0.25) is 4.79 Å². The number of hydrogen-bond acceptors (Lipinski definition) is 2. The Hall–Kier alpha value is -1.95. The molecular weight excluding hydrogens is 236 g/mol. The number of nitrogen functional groups attached to an aromatic ring is 1. The van der Waals surface area contributed by atoms with E-state index in [1.807, 2.05) is 23.1 Å². The van der Waals surface area contributed by atoms with E-state index < -0.39 is 0 Å². The maximum atomic E-state index is 12.3. The molecule has 100 valence electrons. The van der Waals surface area contributed by atoms with Crippen LogP contribution in [-0.4, -0.2) is 12.5 Å². The maximum absolute atomic E-state index is 12.3. The van der Waals surface area contributed by atoms with Crippen molar-refractivity contribution < 1.29 is 4.79 Å². The van der Waals surface area contributed by atoms with Gasteiger partial charge in [0, 0.05) is 30.8 Å². The second-order valence-corrected chi connectivity index (χ2v) is 4.95. The minimum absolute atomic E-state index is 0.197. The molecule has 0 aromatic heterocycles. The lowest BCUT2D eigenvalue weighted by molar-refractivity contribution is -0.118. The van der Waals surface area contributed by atoms with E-state index in [4.69, 9.17) is 12.2 Å². The third kappa shape index (κ3) is 3.29. The monoisotopic (exact) mass is 256 g/mol. The predicted octanol–water partition coefficient (Wildman–Crippen LogP) is 2.74. The van der Waals surface area contributed by atoms with E-state index in [1.165, 1.54) is 5.56 Å². The van der Waals surface area contributed by atoms with Crippen LogP contribution in [0.1, 0.15) is 37.7 Å². The molecule has 1 aliphatic heterocycles. The standard InChI is InChI=1S/C16H20N2O/c1-2-3-4-5-8-16(19)18-11-6-7-13-12-14(17)9-10-15(13)18/h1,9-10,12H,3-8,11,17H2. The third-order valence-electron chi connectivity index (χ3n) is 3.48. The van der Waals surface area contributed by atoms with E-state index in [0.29, 0.717) is 6.42 Å². The number of unbranched alkanes of at least 4 members (excludes halogenated alkanes) is 2. The highest BCUT2D eigenvalue weighted by molar-refractivity contribution is 5.94. The first-order valence-electron chi connectivity index (χ1n) is 6.84. The summed E-state index contributed by atoms with van der Waals surface area (Å²) >= 11 is 0. The number of carbonyl (C=O) groups excluding carboxylic acids is 1. The Morgan fingerprint density at radius 2 is 2.26 bits per heavy atom. The summed E-state index contributed by atoms with van der Waals surface area (Å²) in [7, 11) is 0. The molecule has 0 bridgehead atoms. The average molecular weight is 256 g/mol. The normalized spacial score (nSPS) is 13.7. The van der Waals surface area contributed by atoms with Crippen LogP contribution >= 0.6 is 0 Å². The van der Waals surface area contributed by atoms with E-state index in [1.54, 1.807) is 0 Å². The predicted molar refractivity (Wildman–Crippen MR) is 78.8 cm³/mol. The van der Waals surface area contributed by atoms with Gasteiger partial charge in [-0.05, 0) is 49.4 Å². The molecule has 0 fully saturated rings. The largest absolute Gasteiger partial charge is 0.399 e. The van der Waals surface area contributed by atoms with E-state index >= 15 is 0 Å². The molecule has 0 aliphatic carbocycles. The summed E-state index contributed by atoms with van der Waals surface area (Å²) in [6.07, 6.45) is 10.3. The van der Waals surface area contributed by atoms with Crippen molar-refractivity contribution in [1.29, 1.82) is 0 Å². The number of anilines is 2. The van der Waals surface area contributed by atoms with Gasteiger partial charge in [-0.25, -0.2) is 0 Å². The molecule has 2 N–H and O–H groups in total.